The van der Waals surface area contributed by atoms with Crippen molar-refractivity contribution < 1.29 is 27.9 Å². The van der Waals surface area contributed by atoms with E-state index in [0.29, 0.717) is 12.2 Å². The molecule has 4 rings (SSSR count). The van der Waals surface area contributed by atoms with Crippen molar-refractivity contribution in [3.63, 3.8) is 0 Å². The standard InChI is InChI=1S/C20H18FNO5/c21-13-7-5-12(6-8-13)17-16(18(23)15-4-2-10-27-15)19(24)20(25)22(17)11-14-3-1-9-26-14/h2,4-8,10,14,16-17H,1,3,9,11H2. The van der Waals surface area contributed by atoms with Gasteiger partial charge in [-0.25, -0.2) is 4.39 Å². The van der Waals surface area contributed by atoms with E-state index in [9.17, 15) is 18.8 Å². The molecule has 0 spiro atoms. The van der Waals surface area contributed by atoms with Crippen molar-refractivity contribution >= 4 is 17.5 Å². The molecule has 1 aromatic heterocycles. The van der Waals surface area contributed by atoms with Crippen molar-refractivity contribution in [1.29, 1.82) is 0 Å². The van der Waals surface area contributed by atoms with Crippen molar-refractivity contribution in [3.8, 4) is 0 Å². The summed E-state index contributed by atoms with van der Waals surface area (Å²) in [4.78, 5) is 39.7. The van der Waals surface area contributed by atoms with Gasteiger partial charge in [0.15, 0.2) is 5.76 Å². The smallest absolute Gasteiger partial charge is 0.291 e. The monoisotopic (exact) mass is 371 g/mol. The minimum Gasteiger partial charge on any atom is -0.461 e. The van der Waals surface area contributed by atoms with Crippen LogP contribution in [0, 0.1) is 11.7 Å². The Morgan fingerprint density at radius 3 is 2.59 bits per heavy atom. The molecule has 0 N–H and O–H groups in total. The first-order valence-corrected chi connectivity index (χ1v) is 8.86. The molecule has 27 heavy (non-hydrogen) atoms. The Balaban J connectivity index is 1.73. The molecule has 3 unspecified atom stereocenters. The number of carbonyl (C=O) groups is 3. The van der Waals surface area contributed by atoms with E-state index in [-0.39, 0.29) is 18.4 Å². The minimum atomic E-state index is -1.23. The SMILES string of the molecule is O=C1C(=O)N(CC2CCCO2)C(c2ccc(F)cc2)C1C(=O)c1ccco1. The molecule has 0 bridgehead atoms. The highest BCUT2D eigenvalue weighted by molar-refractivity contribution is 6.43. The van der Waals surface area contributed by atoms with Crippen LogP contribution in [0.2, 0.25) is 0 Å². The van der Waals surface area contributed by atoms with Crippen molar-refractivity contribution in [1.82, 2.24) is 4.90 Å². The predicted molar refractivity (Wildman–Crippen MR) is 91.4 cm³/mol. The Kier molecular flexibility index (Phi) is 4.61. The molecule has 7 heteroatoms. The van der Waals surface area contributed by atoms with Gasteiger partial charge < -0.3 is 14.1 Å². The molecular formula is C20H18FNO5. The molecule has 1 amide bonds. The number of Topliss-reactive ketones (excluding diaryl/α,β-unsaturated/α-hetero) is 2. The van der Waals surface area contributed by atoms with Crippen molar-refractivity contribution in [2.75, 3.05) is 13.2 Å². The molecule has 0 saturated carbocycles. The van der Waals surface area contributed by atoms with Gasteiger partial charge in [-0.1, -0.05) is 12.1 Å². The number of likely N-dealkylation sites (tertiary alicyclic amines) is 1. The van der Waals surface area contributed by atoms with E-state index in [1.165, 1.54) is 41.5 Å². The van der Waals surface area contributed by atoms with E-state index in [0.717, 1.165) is 12.8 Å². The van der Waals surface area contributed by atoms with Gasteiger partial charge in [-0.3, -0.25) is 14.4 Å². The Morgan fingerprint density at radius 2 is 1.96 bits per heavy atom. The Morgan fingerprint density at radius 1 is 1.19 bits per heavy atom. The second kappa shape index (κ2) is 7.08. The van der Waals surface area contributed by atoms with Gasteiger partial charge in [0, 0.05) is 13.2 Å². The predicted octanol–water partition coefficient (Wildman–Crippen LogP) is 2.55. The van der Waals surface area contributed by atoms with Gasteiger partial charge in [0.05, 0.1) is 18.4 Å². The number of hydrogen-bond donors (Lipinski definition) is 0. The molecular weight excluding hydrogens is 353 g/mol. The topological polar surface area (TPSA) is 76.8 Å². The fourth-order valence-corrected chi connectivity index (χ4v) is 3.80. The number of nitrogens with zero attached hydrogens (tertiary/aromatic N) is 1. The molecule has 2 aliphatic rings. The second-order valence-corrected chi connectivity index (χ2v) is 6.77. The normalized spacial score (nSPS) is 25.4. The maximum absolute atomic E-state index is 13.4. The third-order valence-corrected chi connectivity index (χ3v) is 5.09. The van der Waals surface area contributed by atoms with Gasteiger partial charge in [-0.2, -0.15) is 0 Å². The highest BCUT2D eigenvalue weighted by atomic mass is 19.1. The largest absolute Gasteiger partial charge is 0.461 e. The van der Waals surface area contributed by atoms with Gasteiger partial charge in [0.25, 0.3) is 5.91 Å². The summed E-state index contributed by atoms with van der Waals surface area (Å²) in [6.07, 6.45) is 2.83. The molecule has 1 aromatic carbocycles. The van der Waals surface area contributed by atoms with Gasteiger partial charge in [0.2, 0.25) is 11.6 Å². The van der Waals surface area contributed by atoms with Crippen LogP contribution in [-0.2, 0) is 14.3 Å². The molecule has 2 aromatic rings. The number of benzene rings is 1. The third kappa shape index (κ3) is 3.19. The summed E-state index contributed by atoms with van der Waals surface area (Å²) in [5.74, 6) is -3.69. The van der Waals surface area contributed by atoms with Crippen LogP contribution in [0.15, 0.2) is 47.1 Å². The van der Waals surface area contributed by atoms with E-state index in [1.807, 2.05) is 0 Å². The summed E-state index contributed by atoms with van der Waals surface area (Å²) in [7, 11) is 0. The number of hydrogen-bond acceptors (Lipinski definition) is 5. The van der Waals surface area contributed by atoms with E-state index >= 15 is 0 Å². The third-order valence-electron chi connectivity index (χ3n) is 5.09. The first-order chi connectivity index (χ1) is 13.1. The van der Waals surface area contributed by atoms with E-state index in [2.05, 4.69) is 0 Å². The summed E-state index contributed by atoms with van der Waals surface area (Å²) in [6.45, 7) is 0.825. The van der Waals surface area contributed by atoms with Crippen molar-refractivity contribution in [2.45, 2.75) is 25.0 Å². The molecule has 3 atom stereocenters. The first-order valence-electron chi connectivity index (χ1n) is 8.86. The fourth-order valence-electron chi connectivity index (χ4n) is 3.80. The minimum absolute atomic E-state index is 0.0206. The van der Waals surface area contributed by atoms with Crippen molar-refractivity contribution in [3.05, 3.63) is 59.8 Å². The summed E-state index contributed by atoms with van der Waals surface area (Å²) >= 11 is 0. The quantitative estimate of drug-likeness (QED) is 0.459. The van der Waals surface area contributed by atoms with Crippen LogP contribution in [0.5, 0.6) is 0 Å². The van der Waals surface area contributed by atoms with Gasteiger partial charge in [-0.05, 0) is 42.7 Å². The summed E-state index contributed by atoms with van der Waals surface area (Å²) in [6, 6.07) is 7.69. The highest BCUT2D eigenvalue weighted by Crippen LogP contribution is 2.39. The number of carbonyl (C=O) groups excluding carboxylic acids is 3. The number of halogens is 1. The number of rotatable bonds is 5. The van der Waals surface area contributed by atoms with E-state index < -0.39 is 35.3 Å². The zero-order valence-electron chi connectivity index (χ0n) is 14.5. The summed E-state index contributed by atoms with van der Waals surface area (Å²) < 4.78 is 24.1. The Labute approximate surface area is 154 Å². The van der Waals surface area contributed by atoms with Gasteiger partial charge in [-0.15, -0.1) is 0 Å². The first kappa shape index (κ1) is 17.6. The number of ether oxygens (including phenoxy) is 1. The highest BCUT2D eigenvalue weighted by Gasteiger charge is 2.52. The summed E-state index contributed by atoms with van der Waals surface area (Å²) in [5.41, 5.74) is 0.526. The second-order valence-electron chi connectivity index (χ2n) is 6.77. The van der Waals surface area contributed by atoms with Crippen LogP contribution in [0.4, 0.5) is 4.39 Å². The molecule has 2 fully saturated rings. The zero-order chi connectivity index (χ0) is 19.0. The maximum atomic E-state index is 13.4. The average molecular weight is 371 g/mol. The number of ketones is 2. The molecule has 6 nitrogen and oxygen atoms in total. The lowest BCUT2D eigenvalue weighted by molar-refractivity contribution is -0.141. The summed E-state index contributed by atoms with van der Waals surface area (Å²) in [5, 5.41) is 0. The lowest BCUT2D eigenvalue weighted by atomic mass is 9.88. The van der Waals surface area contributed by atoms with Crippen molar-refractivity contribution in [2.24, 2.45) is 5.92 Å². The molecule has 0 radical (unpaired) electrons. The van der Waals surface area contributed by atoms with E-state index in [4.69, 9.17) is 9.15 Å². The van der Waals surface area contributed by atoms with Crippen LogP contribution < -0.4 is 0 Å². The maximum Gasteiger partial charge on any atom is 0.291 e. The molecule has 0 aliphatic carbocycles. The van der Waals surface area contributed by atoms with E-state index in [1.54, 1.807) is 6.07 Å². The van der Waals surface area contributed by atoms with Crippen LogP contribution in [0.1, 0.15) is 35.0 Å². The molecule has 3 heterocycles. The lowest BCUT2D eigenvalue weighted by Gasteiger charge is -2.28. The van der Waals surface area contributed by atoms with Crippen LogP contribution >= 0.6 is 0 Å². The van der Waals surface area contributed by atoms with Gasteiger partial charge in [0.1, 0.15) is 11.7 Å². The molecule has 140 valence electrons. The lowest BCUT2D eigenvalue weighted by Crippen LogP contribution is -2.36. The fraction of sp³-hybridized carbons (Fsp3) is 0.350. The zero-order valence-corrected chi connectivity index (χ0v) is 14.5. The molecule has 2 aliphatic heterocycles. The number of furan rings is 1. The molecule has 2 saturated heterocycles. The van der Waals surface area contributed by atoms with Gasteiger partial charge >= 0.3 is 0 Å². The Bertz CT molecular complexity index is 855. The van der Waals surface area contributed by atoms with Crippen LogP contribution in [-0.4, -0.2) is 41.6 Å². The van der Waals surface area contributed by atoms with Crippen LogP contribution in [0.3, 0.4) is 0 Å². The van der Waals surface area contributed by atoms with Crippen LogP contribution in [0.25, 0.3) is 0 Å². The average Bonchev–Trinajstić information content (AvgIpc) is 3.41. The Hall–Kier alpha value is -2.80. The number of amides is 1.